The molecule has 0 radical (unpaired) electrons. The molecule has 2 N–H and O–H groups in total. The van der Waals surface area contributed by atoms with Crippen LogP contribution < -0.4 is 5.73 Å². The highest BCUT2D eigenvalue weighted by atomic mass is 35.5. The van der Waals surface area contributed by atoms with Gasteiger partial charge in [-0.15, -0.1) is 11.8 Å². The maximum atomic E-state index is 6.25. The normalized spacial score (nSPS) is 10.7. The summed E-state index contributed by atoms with van der Waals surface area (Å²) in [5.41, 5.74) is 9.32. The Morgan fingerprint density at radius 3 is 2.68 bits per heavy atom. The summed E-state index contributed by atoms with van der Waals surface area (Å²) in [4.78, 5) is 1.20. The molecule has 3 heteroatoms. The fraction of sp³-hybridized carbons (Fsp3) is 0.250. The van der Waals surface area contributed by atoms with E-state index in [1.165, 1.54) is 16.0 Å². The third kappa shape index (κ3) is 4.27. The number of hydrogen-bond donors (Lipinski definition) is 1. The largest absolute Gasteiger partial charge is 0.330 e. The number of rotatable bonds is 5. The summed E-state index contributed by atoms with van der Waals surface area (Å²) in [6.07, 6.45) is 0.835. The first-order chi connectivity index (χ1) is 9.19. The van der Waals surface area contributed by atoms with Crippen molar-refractivity contribution in [3.63, 3.8) is 0 Å². The molecule has 0 fully saturated rings. The Labute approximate surface area is 124 Å². The van der Waals surface area contributed by atoms with E-state index in [2.05, 4.69) is 43.3 Å². The molecule has 0 amide bonds. The number of benzene rings is 2. The Morgan fingerprint density at radius 2 is 2.00 bits per heavy atom. The van der Waals surface area contributed by atoms with E-state index in [0.29, 0.717) is 6.54 Å². The van der Waals surface area contributed by atoms with Crippen LogP contribution in [0, 0.1) is 6.92 Å². The lowest BCUT2D eigenvalue weighted by molar-refractivity contribution is 0.967. The first-order valence-electron chi connectivity index (χ1n) is 6.36. The van der Waals surface area contributed by atoms with Gasteiger partial charge in [-0.1, -0.05) is 47.5 Å². The third-order valence-corrected chi connectivity index (χ3v) is 4.34. The zero-order valence-corrected chi connectivity index (χ0v) is 12.6. The van der Waals surface area contributed by atoms with Crippen LogP contribution in [0.25, 0.3) is 0 Å². The number of thioether (sulfide) groups is 1. The van der Waals surface area contributed by atoms with E-state index in [-0.39, 0.29) is 0 Å². The van der Waals surface area contributed by atoms with Crippen LogP contribution in [0.15, 0.2) is 47.4 Å². The molecule has 0 aliphatic carbocycles. The summed E-state index contributed by atoms with van der Waals surface area (Å²) in [5, 5.41) is 0.819. The van der Waals surface area contributed by atoms with E-state index < -0.39 is 0 Å². The van der Waals surface area contributed by atoms with Gasteiger partial charge in [-0.05, 0) is 43.1 Å². The molecule has 2 aromatic carbocycles. The lowest BCUT2D eigenvalue weighted by Crippen LogP contribution is -2.02. The second-order valence-corrected chi connectivity index (χ2v) is 6.03. The molecule has 100 valence electrons. The van der Waals surface area contributed by atoms with Crippen molar-refractivity contribution in [3.05, 3.63) is 64.2 Å². The molecule has 1 nitrogen and oxygen atoms in total. The molecule has 2 aromatic rings. The van der Waals surface area contributed by atoms with Crippen molar-refractivity contribution >= 4 is 23.4 Å². The lowest BCUT2D eigenvalue weighted by atomic mass is 10.1. The zero-order valence-electron chi connectivity index (χ0n) is 11.0. The van der Waals surface area contributed by atoms with Gasteiger partial charge in [-0.25, -0.2) is 0 Å². The van der Waals surface area contributed by atoms with E-state index in [0.717, 1.165) is 22.8 Å². The van der Waals surface area contributed by atoms with Crippen molar-refractivity contribution in [2.75, 3.05) is 6.54 Å². The van der Waals surface area contributed by atoms with Crippen molar-refractivity contribution in [2.24, 2.45) is 5.73 Å². The molecule has 0 bridgehead atoms. The smallest absolute Gasteiger partial charge is 0.0449 e. The monoisotopic (exact) mass is 291 g/mol. The maximum Gasteiger partial charge on any atom is 0.0449 e. The molecule has 0 aromatic heterocycles. The van der Waals surface area contributed by atoms with Crippen LogP contribution in [0.2, 0.25) is 5.02 Å². The van der Waals surface area contributed by atoms with Crippen molar-refractivity contribution in [3.8, 4) is 0 Å². The van der Waals surface area contributed by atoms with Crippen LogP contribution in [-0.4, -0.2) is 6.54 Å². The Balaban J connectivity index is 2.02. The van der Waals surface area contributed by atoms with Crippen LogP contribution in [0.5, 0.6) is 0 Å². The summed E-state index contributed by atoms with van der Waals surface area (Å²) >= 11 is 8.05. The van der Waals surface area contributed by atoms with E-state index in [1.54, 1.807) is 0 Å². The van der Waals surface area contributed by atoms with Crippen molar-refractivity contribution in [2.45, 2.75) is 24.0 Å². The maximum absolute atomic E-state index is 6.25. The summed E-state index contributed by atoms with van der Waals surface area (Å²) in [6.45, 7) is 2.75. The average molecular weight is 292 g/mol. The van der Waals surface area contributed by atoms with Gasteiger partial charge in [0.25, 0.3) is 0 Å². The third-order valence-electron chi connectivity index (χ3n) is 2.93. The fourth-order valence-corrected chi connectivity index (χ4v) is 3.16. The molecule has 0 spiro atoms. The van der Waals surface area contributed by atoms with Crippen LogP contribution in [0.3, 0.4) is 0 Å². The van der Waals surface area contributed by atoms with Gasteiger partial charge in [0, 0.05) is 15.7 Å². The number of aryl methyl sites for hydroxylation is 1. The van der Waals surface area contributed by atoms with Gasteiger partial charge in [-0.3, -0.25) is 0 Å². The number of nitrogens with two attached hydrogens (primary N) is 1. The Kier molecular flexibility index (Phi) is 5.32. The molecular formula is C16H18ClNS. The molecule has 0 heterocycles. The Hall–Kier alpha value is -0.960. The van der Waals surface area contributed by atoms with Crippen molar-refractivity contribution in [1.29, 1.82) is 0 Å². The average Bonchev–Trinajstić information content (AvgIpc) is 2.39. The van der Waals surface area contributed by atoms with Gasteiger partial charge < -0.3 is 5.73 Å². The predicted molar refractivity (Wildman–Crippen MR) is 85.0 cm³/mol. The molecule has 19 heavy (non-hydrogen) atoms. The molecule has 0 unspecified atom stereocenters. The lowest BCUT2D eigenvalue weighted by Gasteiger charge is -2.07. The summed E-state index contributed by atoms with van der Waals surface area (Å²) in [5.74, 6) is 0.967. The molecule has 0 saturated carbocycles. The minimum atomic E-state index is 0.634. The molecular weight excluding hydrogens is 274 g/mol. The highest BCUT2D eigenvalue weighted by Crippen LogP contribution is 2.27. The van der Waals surface area contributed by atoms with E-state index in [4.69, 9.17) is 17.3 Å². The van der Waals surface area contributed by atoms with Crippen LogP contribution in [0.4, 0.5) is 0 Å². The minimum Gasteiger partial charge on any atom is -0.330 e. The first-order valence-corrected chi connectivity index (χ1v) is 7.72. The van der Waals surface area contributed by atoms with E-state index in [1.807, 2.05) is 17.8 Å². The van der Waals surface area contributed by atoms with Crippen molar-refractivity contribution in [1.82, 2.24) is 0 Å². The van der Waals surface area contributed by atoms with Gasteiger partial charge in [-0.2, -0.15) is 0 Å². The summed E-state index contributed by atoms with van der Waals surface area (Å²) < 4.78 is 0. The van der Waals surface area contributed by atoms with Crippen LogP contribution >= 0.6 is 23.4 Å². The van der Waals surface area contributed by atoms with E-state index in [9.17, 15) is 0 Å². The van der Waals surface area contributed by atoms with Crippen LogP contribution in [-0.2, 0) is 12.2 Å². The van der Waals surface area contributed by atoms with Crippen molar-refractivity contribution < 1.29 is 0 Å². The summed E-state index contributed by atoms with van der Waals surface area (Å²) in [6, 6.07) is 14.8. The second-order valence-electron chi connectivity index (χ2n) is 4.57. The SMILES string of the molecule is Cc1cccc(CSc2ccc(CCN)c(Cl)c2)c1. The van der Waals surface area contributed by atoms with Gasteiger partial charge in [0.2, 0.25) is 0 Å². The molecule has 0 atom stereocenters. The van der Waals surface area contributed by atoms with Gasteiger partial charge >= 0.3 is 0 Å². The van der Waals surface area contributed by atoms with Crippen LogP contribution in [0.1, 0.15) is 16.7 Å². The minimum absolute atomic E-state index is 0.634. The fourth-order valence-electron chi connectivity index (χ4n) is 1.94. The quantitative estimate of drug-likeness (QED) is 0.824. The van der Waals surface area contributed by atoms with Gasteiger partial charge in [0.05, 0.1) is 0 Å². The standard InChI is InChI=1S/C16H18ClNS/c1-12-3-2-4-13(9-12)11-19-15-6-5-14(7-8-18)16(17)10-15/h2-6,9-10H,7-8,11,18H2,1H3. The highest BCUT2D eigenvalue weighted by molar-refractivity contribution is 7.98. The predicted octanol–water partition coefficient (Wildman–Crippen LogP) is 4.44. The molecule has 0 aliphatic rings. The van der Waals surface area contributed by atoms with E-state index >= 15 is 0 Å². The molecule has 0 aliphatic heterocycles. The number of hydrogen-bond acceptors (Lipinski definition) is 2. The first kappa shape index (κ1) is 14.4. The van der Waals surface area contributed by atoms with Gasteiger partial charge in [0.1, 0.15) is 0 Å². The Bertz CT molecular complexity index is 554. The highest BCUT2D eigenvalue weighted by Gasteiger charge is 2.02. The molecule has 0 saturated heterocycles. The Morgan fingerprint density at radius 1 is 1.16 bits per heavy atom. The zero-order chi connectivity index (χ0) is 13.7. The number of halogens is 1. The topological polar surface area (TPSA) is 26.0 Å². The van der Waals surface area contributed by atoms with Gasteiger partial charge in [0.15, 0.2) is 0 Å². The summed E-state index contributed by atoms with van der Waals surface area (Å²) in [7, 11) is 0. The molecule has 2 rings (SSSR count). The second kappa shape index (κ2) is 6.99.